The smallest absolute Gasteiger partial charge is 0.295 e. The highest BCUT2D eigenvalue weighted by atomic mass is 16.5. The van der Waals surface area contributed by atoms with Crippen molar-refractivity contribution in [2.45, 2.75) is 26.3 Å². The van der Waals surface area contributed by atoms with Crippen molar-refractivity contribution in [2.75, 3.05) is 59.7 Å². The summed E-state index contributed by atoms with van der Waals surface area (Å²) in [5, 5.41) is 11.3. The van der Waals surface area contributed by atoms with Crippen LogP contribution in [0.15, 0.2) is 48.0 Å². The zero-order valence-electron chi connectivity index (χ0n) is 22.3. The van der Waals surface area contributed by atoms with Gasteiger partial charge >= 0.3 is 0 Å². The van der Waals surface area contributed by atoms with Gasteiger partial charge < -0.3 is 29.0 Å². The lowest BCUT2D eigenvalue weighted by Crippen LogP contribution is -2.42. The summed E-state index contributed by atoms with van der Waals surface area (Å²) in [5.74, 6) is 0.148. The van der Waals surface area contributed by atoms with Gasteiger partial charge in [0.05, 0.1) is 45.2 Å². The fourth-order valence-corrected chi connectivity index (χ4v) is 4.75. The van der Waals surface area contributed by atoms with Gasteiger partial charge in [-0.25, -0.2) is 0 Å². The number of carbonyl (C=O) groups excluding carboxylic acids is 2. The molecule has 2 saturated heterocycles. The normalized spacial score (nSPS) is 19.6. The highest BCUT2D eigenvalue weighted by molar-refractivity contribution is 6.46. The van der Waals surface area contributed by atoms with Crippen molar-refractivity contribution >= 4 is 17.4 Å². The van der Waals surface area contributed by atoms with Gasteiger partial charge in [0.25, 0.3) is 11.7 Å². The van der Waals surface area contributed by atoms with Crippen molar-refractivity contribution in [3.05, 3.63) is 59.2 Å². The minimum Gasteiger partial charge on any atom is -0.507 e. The van der Waals surface area contributed by atoms with Crippen LogP contribution in [0.1, 0.15) is 37.4 Å². The van der Waals surface area contributed by atoms with Gasteiger partial charge in [0.1, 0.15) is 11.5 Å². The van der Waals surface area contributed by atoms with E-state index in [1.165, 1.54) is 0 Å². The lowest BCUT2D eigenvalue weighted by Gasteiger charge is -2.31. The molecule has 0 spiro atoms. The maximum absolute atomic E-state index is 13.4. The third-order valence-electron chi connectivity index (χ3n) is 6.70. The van der Waals surface area contributed by atoms with Crippen LogP contribution in [0.5, 0.6) is 17.2 Å². The molecule has 1 unspecified atom stereocenters. The van der Waals surface area contributed by atoms with Crippen LogP contribution in [0.3, 0.4) is 0 Å². The summed E-state index contributed by atoms with van der Waals surface area (Å²) in [4.78, 5) is 30.4. The number of hydrogen-bond donors (Lipinski definition) is 1. The first-order valence-corrected chi connectivity index (χ1v) is 13.1. The highest BCUT2D eigenvalue weighted by Gasteiger charge is 2.46. The number of benzene rings is 2. The van der Waals surface area contributed by atoms with Crippen LogP contribution in [0, 0.1) is 0 Å². The van der Waals surface area contributed by atoms with Crippen molar-refractivity contribution in [3.8, 4) is 17.2 Å². The Kier molecular flexibility index (Phi) is 9.25. The molecule has 204 valence electrons. The molecule has 0 bridgehead atoms. The molecule has 4 rings (SSSR count). The largest absolute Gasteiger partial charge is 0.507 e. The molecule has 2 aliphatic heterocycles. The Bertz CT molecular complexity index is 1160. The van der Waals surface area contributed by atoms with Crippen LogP contribution in [0.25, 0.3) is 5.76 Å². The summed E-state index contributed by atoms with van der Waals surface area (Å²) in [7, 11) is 1.55. The van der Waals surface area contributed by atoms with E-state index in [0.29, 0.717) is 67.9 Å². The maximum Gasteiger partial charge on any atom is 0.295 e. The molecular formula is C29H36N2O7. The standard InChI is InChI=1S/C29H36N2O7/c1-4-16-38-23-11-8-21(19-24(23)35-3)26-25(27(32)20-6-9-22(10-7-20)37-5-2)28(33)29(34)31(26)13-12-30-14-17-36-18-15-30/h6-11,19,26,32H,4-5,12-18H2,1-3H3/b27-25-. The van der Waals surface area contributed by atoms with E-state index in [1.54, 1.807) is 48.4 Å². The first-order valence-electron chi connectivity index (χ1n) is 13.1. The third kappa shape index (κ3) is 5.95. The van der Waals surface area contributed by atoms with Crippen LogP contribution < -0.4 is 14.2 Å². The minimum absolute atomic E-state index is 0.0467. The van der Waals surface area contributed by atoms with Crippen LogP contribution >= 0.6 is 0 Å². The summed E-state index contributed by atoms with van der Waals surface area (Å²) in [6, 6.07) is 11.4. The van der Waals surface area contributed by atoms with Gasteiger partial charge in [-0.05, 0) is 55.3 Å². The molecule has 9 heteroatoms. The zero-order valence-corrected chi connectivity index (χ0v) is 22.3. The second kappa shape index (κ2) is 12.8. The van der Waals surface area contributed by atoms with Gasteiger partial charge in [-0.3, -0.25) is 14.5 Å². The summed E-state index contributed by atoms with van der Waals surface area (Å²) in [5.41, 5.74) is 1.13. The zero-order chi connectivity index (χ0) is 27.1. The average Bonchev–Trinajstić information content (AvgIpc) is 3.20. The number of ether oxygens (including phenoxy) is 4. The second-order valence-electron chi connectivity index (χ2n) is 9.16. The average molecular weight is 525 g/mol. The summed E-state index contributed by atoms with van der Waals surface area (Å²) < 4.78 is 22.3. The summed E-state index contributed by atoms with van der Waals surface area (Å²) in [6.07, 6.45) is 0.842. The fourth-order valence-electron chi connectivity index (χ4n) is 4.75. The SMILES string of the molecule is CCCOc1ccc(C2/C(=C(/O)c3ccc(OCC)cc3)C(=O)C(=O)N2CCN2CCOCC2)cc1OC. The molecule has 0 aliphatic carbocycles. The number of aliphatic hydroxyl groups is 1. The number of hydrogen-bond acceptors (Lipinski definition) is 8. The Morgan fingerprint density at radius 3 is 2.39 bits per heavy atom. The molecular weight excluding hydrogens is 488 g/mol. The Morgan fingerprint density at radius 1 is 1.00 bits per heavy atom. The third-order valence-corrected chi connectivity index (χ3v) is 6.70. The first-order chi connectivity index (χ1) is 18.5. The number of Topliss-reactive ketones (excluding diaryl/α,β-unsaturated/α-hetero) is 1. The van der Waals surface area contributed by atoms with Crippen molar-refractivity contribution in [1.82, 2.24) is 9.80 Å². The number of ketones is 1. The molecule has 0 aromatic heterocycles. The molecule has 2 aliphatic rings. The van der Waals surface area contributed by atoms with Crippen molar-refractivity contribution in [3.63, 3.8) is 0 Å². The van der Waals surface area contributed by atoms with Crippen molar-refractivity contribution < 1.29 is 33.6 Å². The predicted octanol–water partition coefficient (Wildman–Crippen LogP) is 3.64. The second-order valence-corrected chi connectivity index (χ2v) is 9.16. The van der Waals surface area contributed by atoms with E-state index in [2.05, 4.69) is 4.90 Å². The van der Waals surface area contributed by atoms with Crippen LogP contribution in [-0.2, 0) is 14.3 Å². The Labute approximate surface area is 223 Å². The van der Waals surface area contributed by atoms with Crippen LogP contribution in [-0.4, -0.2) is 86.3 Å². The quantitative estimate of drug-likeness (QED) is 0.270. The predicted molar refractivity (Wildman–Crippen MR) is 143 cm³/mol. The lowest BCUT2D eigenvalue weighted by atomic mass is 9.95. The number of aliphatic hydroxyl groups excluding tert-OH is 1. The number of rotatable bonds is 11. The van der Waals surface area contributed by atoms with E-state index in [4.69, 9.17) is 18.9 Å². The number of methoxy groups -OCH3 is 1. The van der Waals surface area contributed by atoms with Crippen molar-refractivity contribution in [1.29, 1.82) is 0 Å². The Morgan fingerprint density at radius 2 is 1.74 bits per heavy atom. The van der Waals surface area contributed by atoms with E-state index >= 15 is 0 Å². The molecule has 9 nitrogen and oxygen atoms in total. The minimum atomic E-state index is -0.781. The number of morpholine rings is 1. The van der Waals surface area contributed by atoms with Crippen LogP contribution in [0.4, 0.5) is 0 Å². The summed E-state index contributed by atoms with van der Waals surface area (Å²) in [6.45, 7) is 8.66. The topological polar surface area (TPSA) is 97.8 Å². The van der Waals surface area contributed by atoms with Gasteiger partial charge in [-0.15, -0.1) is 0 Å². The monoisotopic (exact) mass is 524 g/mol. The Hall–Kier alpha value is -3.56. The number of carbonyl (C=O) groups is 2. The lowest BCUT2D eigenvalue weighted by molar-refractivity contribution is -0.140. The molecule has 38 heavy (non-hydrogen) atoms. The molecule has 0 radical (unpaired) electrons. The number of amides is 1. The fraction of sp³-hybridized carbons (Fsp3) is 0.448. The Balaban J connectivity index is 1.74. The number of likely N-dealkylation sites (tertiary alicyclic amines) is 1. The molecule has 2 aromatic carbocycles. The van der Waals surface area contributed by atoms with Gasteiger partial charge in [-0.2, -0.15) is 0 Å². The first kappa shape index (κ1) is 27.5. The molecule has 1 amide bonds. The van der Waals surface area contributed by atoms with Gasteiger partial charge in [-0.1, -0.05) is 13.0 Å². The van der Waals surface area contributed by atoms with Crippen molar-refractivity contribution in [2.24, 2.45) is 0 Å². The van der Waals surface area contributed by atoms with Crippen LogP contribution in [0.2, 0.25) is 0 Å². The van der Waals surface area contributed by atoms with Gasteiger partial charge in [0.15, 0.2) is 11.5 Å². The molecule has 0 saturated carbocycles. The number of nitrogens with zero attached hydrogens (tertiary/aromatic N) is 2. The van der Waals surface area contributed by atoms with Gasteiger partial charge in [0, 0.05) is 31.7 Å². The van der Waals surface area contributed by atoms with E-state index in [0.717, 1.165) is 19.5 Å². The van der Waals surface area contributed by atoms with E-state index in [-0.39, 0.29) is 11.3 Å². The molecule has 1 atom stereocenters. The molecule has 1 N–H and O–H groups in total. The van der Waals surface area contributed by atoms with Gasteiger partial charge in [0.2, 0.25) is 0 Å². The highest BCUT2D eigenvalue weighted by Crippen LogP contribution is 2.42. The van der Waals surface area contributed by atoms with E-state index in [9.17, 15) is 14.7 Å². The maximum atomic E-state index is 13.4. The summed E-state index contributed by atoms with van der Waals surface area (Å²) >= 11 is 0. The van der Waals surface area contributed by atoms with E-state index < -0.39 is 17.7 Å². The molecule has 2 heterocycles. The molecule has 2 aromatic rings. The molecule has 2 fully saturated rings. The van der Waals surface area contributed by atoms with E-state index in [1.807, 2.05) is 19.9 Å².